The Morgan fingerprint density at radius 3 is 2.26 bits per heavy atom. The van der Waals surface area contributed by atoms with Gasteiger partial charge in [0.15, 0.2) is 0 Å². The van der Waals surface area contributed by atoms with Crippen LogP contribution in [-0.2, 0) is 10.0 Å². The van der Waals surface area contributed by atoms with Crippen molar-refractivity contribution in [2.45, 2.75) is 39.0 Å². The molecule has 3 aliphatic heterocycles. The van der Waals surface area contributed by atoms with E-state index < -0.39 is 10.0 Å². The molecule has 2 aromatic rings. The molecule has 0 radical (unpaired) electrons. The number of nitrogens with zero attached hydrogens (tertiary/aromatic N) is 5. The first-order valence-electron chi connectivity index (χ1n) is 13.6. The number of hydrogen-bond donors (Lipinski definition) is 0. The zero-order valence-electron chi connectivity index (χ0n) is 22.5. The lowest BCUT2D eigenvalue weighted by molar-refractivity contribution is 0.0771. The van der Waals surface area contributed by atoms with E-state index in [2.05, 4.69) is 14.9 Å². The minimum absolute atomic E-state index is 0.0353. The van der Waals surface area contributed by atoms with E-state index in [1.54, 1.807) is 16.4 Å². The van der Waals surface area contributed by atoms with E-state index in [0.29, 0.717) is 36.4 Å². The number of benzene rings is 1. The highest BCUT2D eigenvalue weighted by atomic mass is 32.2. The van der Waals surface area contributed by atoms with Crippen LogP contribution < -0.4 is 0 Å². The zero-order chi connectivity index (χ0) is 27.0. The molecule has 0 spiro atoms. The molecule has 1 aromatic carbocycles. The standard InChI is InChI=1S/C28H38FN5O3S/c1-19-27(20(2)31-18-30-19)28(35)33-16-23-14-32(15-24(23)17-33)10-9-26(22-5-4-6-25(29)13-22)21-7-11-34(12-8-21)38(3,36)37/h4-6,13,18,21,23-24,26H,7-12,14-17H2,1-3H3/t23?,24?,26-/m1/s1. The summed E-state index contributed by atoms with van der Waals surface area (Å²) < 4.78 is 39.7. The van der Waals surface area contributed by atoms with Crippen LogP contribution >= 0.6 is 0 Å². The van der Waals surface area contributed by atoms with Gasteiger partial charge in [-0.3, -0.25) is 4.79 Å². The molecule has 3 aliphatic rings. The molecule has 4 heterocycles. The number of amides is 1. The number of piperidine rings is 1. The van der Waals surface area contributed by atoms with Crippen molar-refractivity contribution in [2.75, 3.05) is 52.1 Å². The summed E-state index contributed by atoms with van der Waals surface area (Å²) in [6, 6.07) is 6.91. The quantitative estimate of drug-likeness (QED) is 0.534. The third-order valence-corrected chi connectivity index (χ3v) is 10.2. The van der Waals surface area contributed by atoms with Gasteiger partial charge in [0.2, 0.25) is 10.0 Å². The monoisotopic (exact) mass is 543 g/mol. The van der Waals surface area contributed by atoms with Gasteiger partial charge in [0.1, 0.15) is 12.1 Å². The van der Waals surface area contributed by atoms with Crippen molar-refractivity contribution in [3.63, 3.8) is 0 Å². The van der Waals surface area contributed by atoms with Crippen LogP contribution in [0.15, 0.2) is 30.6 Å². The Bertz CT molecular complexity index is 1250. The van der Waals surface area contributed by atoms with Gasteiger partial charge in [-0.25, -0.2) is 27.1 Å². The minimum Gasteiger partial charge on any atom is -0.338 e. The number of rotatable bonds is 7. The number of hydrogen-bond acceptors (Lipinski definition) is 6. The summed E-state index contributed by atoms with van der Waals surface area (Å²) in [4.78, 5) is 26.1. The smallest absolute Gasteiger partial charge is 0.257 e. The maximum absolute atomic E-state index is 14.1. The Kier molecular flexibility index (Phi) is 7.84. The van der Waals surface area contributed by atoms with Gasteiger partial charge in [0.25, 0.3) is 5.91 Å². The van der Waals surface area contributed by atoms with E-state index >= 15 is 0 Å². The normalized spacial score (nSPS) is 24.1. The van der Waals surface area contributed by atoms with Crippen molar-refractivity contribution in [3.05, 3.63) is 58.9 Å². The van der Waals surface area contributed by atoms with Crippen molar-refractivity contribution in [3.8, 4) is 0 Å². The topological polar surface area (TPSA) is 86.7 Å². The van der Waals surface area contributed by atoms with Gasteiger partial charge in [-0.15, -0.1) is 0 Å². The Morgan fingerprint density at radius 2 is 1.68 bits per heavy atom. The fourth-order valence-corrected chi connectivity index (χ4v) is 7.72. The van der Waals surface area contributed by atoms with Gasteiger partial charge in [0, 0.05) is 39.3 Å². The molecule has 3 fully saturated rings. The van der Waals surface area contributed by atoms with E-state index in [4.69, 9.17) is 0 Å². The molecule has 3 atom stereocenters. The molecule has 3 saturated heterocycles. The molecular weight excluding hydrogens is 505 g/mol. The molecule has 2 unspecified atom stereocenters. The summed E-state index contributed by atoms with van der Waals surface area (Å²) in [7, 11) is -3.18. The number of carbonyl (C=O) groups excluding carboxylic acids is 1. The van der Waals surface area contributed by atoms with Gasteiger partial charge >= 0.3 is 0 Å². The van der Waals surface area contributed by atoms with Crippen LogP contribution in [-0.4, -0.2) is 90.5 Å². The number of fused-ring (bicyclic) bond motifs is 1. The van der Waals surface area contributed by atoms with Crippen LogP contribution in [0.2, 0.25) is 0 Å². The SMILES string of the molecule is Cc1ncnc(C)c1C(=O)N1CC2CN(CC[C@@H](c3cccc(F)c3)C3CCN(S(C)(=O)=O)CC3)CC2C1. The Labute approximate surface area is 225 Å². The average Bonchev–Trinajstić information content (AvgIpc) is 3.43. The third-order valence-electron chi connectivity index (χ3n) is 8.86. The molecule has 38 heavy (non-hydrogen) atoms. The lowest BCUT2D eigenvalue weighted by atomic mass is 9.78. The van der Waals surface area contributed by atoms with E-state index in [0.717, 1.165) is 68.9 Å². The number of sulfonamides is 1. The third kappa shape index (κ3) is 5.77. The van der Waals surface area contributed by atoms with Crippen molar-refractivity contribution in [1.29, 1.82) is 0 Å². The highest BCUT2D eigenvalue weighted by molar-refractivity contribution is 7.88. The predicted molar refractivity (Wildman–Crippen MR) is 144 cm³/mol. The van der Waals surface area contributed by atoms with Crippen LogP contribution in [0.3, 0.4) is 0 Å². The summed E-state index contributed by atoms with van der Waals surface area (Å²) in [6.07, 6.45) is 5.27. The molecule has 0 bridgehead atoms. The lowest BCUT2D eigenvalue weighted by Gasteiger charge is -2.36. The van der Waals surface area contributed by atoms with Crippen LogP contribution in [0.25, 0.3) is 0 Å². The van der Waals surface area contributed by atoms with Crippen LogP contribution in [0.4, 0.5) is 4.39 Å². The number of halogens is 1. The number of likely N-dealkylation sites (tertiary alicyclic amines) is 2. The number of aryl methyl sites for hydroxylation is 2. The maximum Gasteiger partial charge on any atom is 0.257 e. The number of carbonyl (C=O) groups is 1. The maximum atomic E-state index is 14.1. The molecule has 1 amide bonds. The molecule has 0 saturated carbocycles. The van der Waals surface area contributed by atoms with Crippen molar-refractivity contribution in [1.82, 2.24) is 24.1 Å². The largest absolute Gasteiger partial charge is 0.338 e. The summed E-state index contributed by atoms with van der Waals surface area (Å²) in [5.74, 6) is 1.23. The highest BCUT2D eigenvalue weighted by Gasteiger charge is 2.42. The first-order chi connectivity index (χ1) is 18.1. The molecule has 0 aliphatic carbocycles. The molecule has 206 valence electrons. The predicted octanol–water partition coefficient (Wildman–Crippen LogP) is 3.08. The summed E-state index contributed by atoms with van der Waals surface area (Å²) in [5.41, 5.74) is 3.10. The van der Waals surface area contributed by atoms with E-state index in [1.165, 1.54) is 18.6 Å². The van der Waals surface area contributed by atoms with Gasteiger partial charge in [-0.2, -0.15) is 0 Å². The fourth-order valence-electron chi connectivity index (χ4n) is 6.84. The van der Waals surface area contributed by atoms with Crippen LogP contribution in [0.5, 0.6) is 0 Å². The summed E-state index contributed by atoms with van der Waals surface area (Å²) in [5, 5.41) is 0. The van der Waals surface area contributed by atoms with Crippen molar-refractivity contribution in [2.24, 2.45) is 17.8 Å². The second kappa shape index (κ2) is 11.0. The van der Waals surface area contributed by atoms with Gasteiger partial charge in [-0.05, 0) is 81.0 Å². The van der Waals surface area contributed by atoms with E-state index in [1.807, 2.05) is 24.8 Å². The molecule has 8 nitrogen and oxygen atoms in total. The zero-order valence-corrected chi connectivity index (χ0v) is 23.3. The molecule has 0 N–H and O–H groups in total. The van der Waals surface area contributed by atoms with Gasteiger partial charge < -0.3 is 9.80 Å². The average molecular weight is 544 g/mol. The molecule has 10 heteroatoms. The minimum atomic E-state index is -3.18. The fraction of sp³-hybridized carbons (Fsp3) is 0.607. The summed E-state index contributed by atoms with van der Waals surface area (Å²) in [6.45, 7) is 9.12. The van der Waals surface area contributed by atoms with Gasteiger partial charge in [-0.1, -0.05) is 12.1 Å². The second-order valence-electron chi connectivity index (χ2n) is 11.4. The van der Waals surface area contributed by atoms with Crippen LogP contribution in [0, 0.1) is 37.4 Å². The van der Waals surface area contributed by atoms with Gasteiger partial charge in [0.05, 0.1) is 23.2 Å². The Hall–Kier alpha value is -2.43. The van der Waals surface area contributed by atoms with Crippen LogP contribution in [0.1, 0.15) is 52.5 Å². The lowest BCUT2D eigenvalue weighted by Crippen LogP contribution is -2.39. The van der Waals surface area contributed by atoms with E-state index in [-0.39, 0.29) is 17.6 Å². The molecular formula is C28H38FN5O3S. The Balaban J connectivity index is 1.20. The van der Waals surface area contributed by atoms with Crippen molar-refractivity contribution >= 4 is 15.9 Å². The first kappa shape index (κ1) is 27.1. The van der Waals surface area contributed by atoms with Crippen molar-refractivity contribution < 1.29 is 17.6 Å². The first-order valence-corrected chi connectivity index (χ1v) is 15.5. The van der Waals surface area contributed by atoms with E-state index in [9.17, 15) is 17.6 Å². The molecule has 5 rings (SSSR count). The number of aromatic nitrogens is 2. The Morgan fingerprint density at radius 1 is 1.05 bits per heavy atom. The second-order valence-corrected chi connectivity index (χ2v) is 13.3. The summed E-state index contributed by atoms with van der Waals surface area (Å²) >= 11 is 0. The highest BCUT2D eigenvalue weighted by Crippen LogP contribution is 2.38. The molecule has 1 aromatic heterocycles.